The third-order valence-electron chi connectivity index (χ3n) is 7.81. The Bertz CT molecular complexity index is 2130. The normalized spacial score (nSPS) is 11.1. The van der Waals surface area contributed by atoms with Crippen LogP contribution in [-0.2, 0) is 0 Å². The van der Waals surface area contributed by atoms with Crippen molar-refractivity contribution in [3.63, 3.8) is 0 Å². The standard InChI is InChI=1S/C39H24N4S2/c40-25-26-9-11-27(12-10-26)28-13-19-31(20-14-28)43(32-21-15-29(16-22-32)38-41-34-5-1-3-7-36(34)44-38)33-23-17-30(18-24-33)39-42-35-6-2-4-8-37(35)45-39/h1-24H. The second-order valence-electron chi connectivity index (χ2n) is 10.6. The van der Waals surface area contributed by atoms with E-state index in [1.807, 2.05) is 36.4 Å². The van der Waals surface area contributed by atoms with Gasteiger partial charge in [0.2, 0.25) is 0 Å². The van der Waals surface area contributed by atoms with Gasteiger partial charge in [-0.1, -0.05) is 48.5 Å². The summed E-state index contributed by atoms with van der Waals surface area (Å²) < 4.78 is 2.38. The molecule has 0 saturated heterocycles. The van der Waals surface area contributed by atoms with E-state index < -0.39 is 0 Å². The van der Waals surface area contributed by atoms with Gasteiger partial charge in [-0.05, 0) is 108 Å². The Balaban J connectivity index is 1.16. The summed E-state index contributed by atoms with van der Waals surface area (Å²) in [5.41, 5.74) is 10.2. The molecule has 0 unspecified atom stereocenters. The molecule has 0 N–H and O–H groups in total. The van der Waals surface area contributed by atoms with Crippen LogP contribution in [0, 0.1) is 11.3 Å². The van der Waals surface area contributed by atoms with Crippen LogP contribution >= 0.6 is 22.7 Å². The number of thiazole rings is 2. The average molecular weight is 613 g/mol. The summed E-state index contributed by atoms with van der Waals surface area (Å²) >= 11 is 3.43. The number of hydrogen-bond acceptors (Lipinski definition) is 6. The maximum absolute atomic E-state index is 9.18. The van der Waals surface area contributed by atoms with Gasteiger partial charge in [-0.15, -0.1) is 22.7 Å². The van der Waals surface area contributed by atoms with Gasteiger partial charge in [0, 0.05) is 28.2 Å². The van der Waals surface area contributed by atoms with Crippen LogP contribution in [-0.4, -0.2) is 9.97 Å². The molecule has 0 spiro atoms. The first-order valence-electron chi connectivity index (χ1n) is 14.5. The molecule has 6 aromatic carbocycles. The van der Waals surface area contributed by atoms with Crippen LogP contribution in [0.5, 0.6) is 0 Å². The van der Waals surface area contributed by atoms with Gasteiger partial charge in [0.05, 0.1) is 32.1 Å². The van der Waals surface area contributed by atoms with Crippen molar-refractivity contribution in [1.29, 1.82) is 5.26 Å². The Kier molecular flexibility index (Phi) is 6.88. The molecule has 45 heavy (non-hydrogen) atoms. The molecule has 0 amide bonds. The van der Waals surface area contributed by atoms with Crippen molar-refractivity contribution in [2.75, 3.05) is 4.90 Å². The first kappa shape index (κ1) is 27.0. The maximum Gasteiger partial charge on any atom is 0.124 e. The van der Waals surface area contributed by atoms with E-state index in [9.17, 15) is 5.26 Å². The van der Waals surface area contributed by atoms with E-state index in [4.69, 9.17) is 9.97 Å². The topological polar surface area (TPSA) is 52.8 Å². The first-order chi connectivity index (χ1) is 22.2. The molecule has 2 heterocycles. The SMILES string of the molecule is N#Cc1ccc(-c2ccc(N(c3ccc(-c4nc5ccccc5s4)cc3)c3ccc(-c4nc5ccccc5s4)cc3)cc2)cc1. The molecule has 6 heteroatoms. The quantitative estimate of drug-likeness (QED) is 0.187. The van der Waals surface area contributed by atoms with Gasteiger partial charge in [-0.2, -0.15) is 5.26 Å². The number of fused-ring (bicyclic) bond motifs is 2. The van der Waals surface area contributed by atoms with Crippen LogP contribution in [0.1, 0.15) is 5.56 Å². The average Bonchev–Trinajstić information content (AvgIpc) is 3.74. The lowest BCUT2D eigenvalue weighted by atomic mass is 10.0. The molecule has 4 nitrogen and oxygen atoms in total. The smallest absolute Gasteiger partial charge is 0.124 e. The second-order valence-corrected chi connectivity index (χ2v) is 12.7. The number of nitriles is 1. The van der Waals surface area contributed by atoms with Crippen molar-refractivity contribution in [1.82, 2.24) is 9.97 Å². The molecule has 0 radical (unpaired) electrons. The number of hydrogen-bond donors (Lipinski definition) is 0. The predicted octanol–water partition coefficient (Wildman–Crippen LogP) is 11.2. The van der Waals surface area contributed by atoms with E-state index in [2.05, 4.69) is 120 Å². The summed E-state index contributed by atoms with van der Waals surface area (Å²) in [4.78, 5) is 12.0. The highest BCUT2D eigenvalue weighted by Crippen LogP contribution is 2.39. The lowest BCUT2D eigenvalue weighted by Gasteiger charge is -2.26. The molecule has 0 atom stereocenters. The van der Waals surface area contributed by atoms with Gasteiger partial charge in [0.1, 0.15) is 10.0 Å². The molecule has 0 saturated carbocycles. The summed E-state index contributed by atoms with van der Waals surface area (Å²) in [5.74, 6) is 0. The maximum atomic E-state index is 9.18. The minimum Gasteiger partial charge on any atom is -0.311 e. The van der Waals surface area contributed by atoms with Crippen molar-refractivity contribution >= 4 is 60.2 Å². The fraction of sp³-hybridized carbons (Fsp3) is 0. The number of anilines is 3. The van der Waals surface area contributed by atoms with Gasteiger partial charge >= 0.3 is 0 Å². The zero-order valence-corrected chi connectivity index (χ0v) is 25.6. The Morgan fingerprint density at radius 3 is 1.22 bits per heavy atom. The van der Waals surface area contributed by atoms with Gasteiger partial charge < -0.3 is 4.90 Å². The Hall–Kier alpha value is -5.61. The number of nitrogens with zero attached hydrogens (tertiary/aromatic N) is 4. The predicted molar refractivity (Wildman–Crippen MR) is 189 cm³/mol. The molecule has 2 aromatic heterocycles. The van der Waals surface area contributed by atoms with E-state index in [0.717, 1.165) is 60.4 Å². The van der Waals surface area contributed by atoms with E-state index in [1.165, 1.54) is 9.40 Å². The molecular weight excluding hydrogens is 589 g/mol. The summed E-state index contributed by atoms with van der Waals surface area (Å²) in [6.07, 6.45) is 0. The highest BCUT2D eigenvalue weighted by Gasteiger charge is 2.15. The summed E-state index contributed by atoms with van der Waals surface area (Å²) in [5, 5.41) is 11.2. The van der Waals surface area contributed by atoms with Crippen molar-refractivity contribution in [2.45, 2.75) is 0 Å². The van der Waals surface area contributed by atoms with Crippen LogP contribution in [0.3, 0.4) is 0 Å². The third-order valence-corrected chi connectivity index (χ3v) is 9.98. The Morgan fingerprint density at radius 2 is 0.822 bits per heavy atom. The molecule has 8 rings (SSSR count). The fourth-order valence-corrected chi connectivity index (χ4v) is 7.43. The van der Waals surface area contributed by atoms with Gasteiger partial charge in [0.15, 0.2) is 0 Å². The molecule has 8 aromatic rings. The number of rotatable bonds is 6. The van der Waals surface area contributed by atoms with Crippen molar-refractivity contribution < 1.29 is 0 Å². The first-order valence-corrected chi connectivity index (χ1v) is 16.2. The fourth-order valence-electron chi connectivity index (χ4n) is 5.48. The largest absolute Gasteiger partial charge is 0.311 e. The number of aromatic nitrogens is 2. The zero-order valence-electron chi connectivity index (χ0n) is 24.0. The minimum atomic E-state index is 0.658. The van der Waals surface area contributed by atoms with Crippen molar-refractivity contribution in [3.05, 3.63) is 151 Å². The lowest BCUT2D eigenvalue weighted by Crippen LogP contribution is -2.09. The Labute approximate surface area is 268 Å². The van der Waals surface area contributed by atoms with Crippen LogP contribution in [0.25, 0.3) is 52.7 Å². The summed E-state index contributed by atoms with van der Waals surface area (Å²) in [6.45, 7) is 0. The van der Waals surface area contributed by atoms with Crippen LogP contribution in [0.4, 0.5) is 17.1 Å². The van der Waals surface area contributed by atoms with E-state index in [1.54, 1.807) is 22.7 Å². The third kappa shape index (κ3) is 5.25. The minimum absolute atomic E-state index is 0.658. The summed E-state index contributed by atoms with van der Waals surface area (Å²) in [6, 6.07) is 52.3. The zero-order chi connectivity index (χ0) is 30.2. The van der Waals surface area contributed by atoms with E-state index in [0.29, 0.717) is 5.56 Å². The molecule has 0 aliphatic heterocycles. The monoisotopic (exact) mass is 612 g/mol. The molecule has 212 valence electrons. The Morgan fingerprint density at radius 1 is 0.444 bits per heavy atom. The van der Waals surface area contributed by atoms with Crippen LogP contribution in [0.15, 0.2) is 146 Å². The van der Waals surface area contributed by atoms with Crippen molar-refractivity contribution in [3.8, 4) is 38.3 Å². The van der Waals surface area contributed by atoms with Gasteiger partial charge in [-0.25, -0.2) is 9.97 Å². The van der Waals surface area contributed by atoms with Gasteiger partial charge in [-0.3, -0.25) is 0 Å². The summed E-state index contributed by atoms with van der Waals surface area (Å²) in [7, 11) is 0. The molecule has 0 bridgehead atoms. The molecule has 0 aliphatic carbocycles. The highest BCUT2D eigenvalue weighted by atomic mass is 32.1. The highest BCUT2D eigenvalue weighted by molar-refractivity contribution is 7.22. The van der Waals surface area contributed by atoms with Crippen molar-refractivity contribution in [2.24, 2.45) is 0 Å². The number of para-hydroxylation sites is 2. The molecule has 0 fully saturated rings. The van der Waals surface area contributed by atoms with Crippen LogP contribution < -0.4 is 4.90 Å². The van der Waals surface area contributed by atoms with Crippen LogP contribution in [0.2, 0.25) is 0 Å². The lowest BCUT2D eigenvalue weighted by molar-refractivity contribution is 1.28. The molecule has 0 aliphatic rings. The van der Waals surface area contributed by atoms with E-state index >= 15 is 0 Å². The number of benzene rings is 6. The van der Waals surface area contributed by atoms with Gasteiger partial charge in [0.25, 0.3) is 0 Å². The van der Waals surface area contributed by atoms with E-state index in [-0.39, 0.29) is 0 Å². The molecular formula is C39H24N4S2. The second kappa shape index (κ2) is 11.5.